The number of hydrogen-bond acceptors (Lipinski definition) is 8. The highest BCUT2D eigenvalue weighted by Crippen LogP contribution is 2.35. The van der Waals surface area contributed by atoms with Gasteiger partial charge in [-0.2, -0.15) is 24.9 Å². The number of benzene rings is 1. The first-order chi connectivity index (χ1) is 16.5. The van der Waals surface area contributed by atoms with Crippen LogP contribution in [0.1, 0.15) is 27.2 Å². The Morgan fingerprint density at radius 2 is 1.80 bits per heavy atom. The van der Waals surface area contributed by atoms with E-state index < -0.39 is 17.5 Å². The molecule has 0 radical (unpaired) electrons. The van der Waals surface area contributed by atoms with Gasteiger partial charge in [-0.1, -0.05) is 0 Å². The molecule has 1 amide bonds. The number of nitrogens with zero attached hydrogens (tertiary/aromatic N) is 4. The number of carbonyl (C=O) groups is 1. The normalized spacial score (nSPS) is 14.8. The molecule has 194 valence electrons. The molecule has 3 rings (SSSR count). The summed E-state index contributed by atoms with van der Waals surface area (Å²) < 4.78 is 53.5. The summed E-state index contributed by atoms with van der Waals surface area (Å²) >= 11 is 0.835. The van der Waals surface area contributed by atoms with Gasteiger partial charge in [-0.15, -0.1) is 0 Å². The molecule has 0 atom stereocenters. The quantitative estimate of drug-likeness (QED) is 0.465. The minimum atomic E-state index is -4.16. The van der Waals surface area contributed by atoms with Crippen LogP contribution in [0, 0.1) is 0 Å². The SMILES string of the molecule is COc1cc2c(N3CCN(C(=O)OC(C)(C)C)CC3)ncnc2cc1OCCCSCC(F)(F)F. The number of carbonyl (C=O) groups excluding carboxylic acids is 1. The zero-order valence-corrected chi connectivity index (χ0v) is 21.2. The van der Waals surface area contributed by atoms with Crippen LogP contribution in [0.15, 0.2) is 18.5 Å². The molecule has 2 aromatic rings. The van der Waals surface area contributed by atoms with Crippen LogP contribution in [0.25, 0.3) is 10.9 Å². The third-order valence-electron chi connectivity index (χ3n) is 5.09. The van der Waals surface area contributed by atoms with Crippen LogP contribution in [-0.4, -0.2) is 84.1 Å². The number of methoxy groups -OCH3 is 1. The molecule has 1 aromatic carbocycles. The number of ether oxygens (including phenoxy) is 3. The van der Waals surface area contributed by atoms with Crippen LogP contribution >= 0.6 is 11.8 Å². The lowest BCUT2D eigenvalue weighted by atomic mass is 10.2. The van der Waals surface area contributed by atoms with E-state index in [0.717, 1.165) is 23.0 Å². The van der Waals surface area contributed by atoms with Gasteiger partial charge in [-0.05, 0) is 39.0 Å². The summed E-state index contributed by atoms with van der Waals surface area (Å²) in [4.78, 5) is 25.0. The van der Waals surface area contributed by atoms with Gasteiger partial charge >= 0.3 is 12.3 Å². The Labute approximate surface area is 207 Å². The van der Waals surface area contributed by atoms with Crippen LogP contribution in [0.4, 0.5) is 23.8 Å². The van der Waals surface area contributed by atoms with E-state index in [-0.39, 0.29) is 12.7 Å². The number of rotatable bonds is 8. The van der Waals surface area contributed by atoms with E-state index in [1.54, 1.807) is 17.0 Å². The Hall–Kier alpha value is -2.63. The second-order valence-electron chi connectivity index (χ2n) is 9.04. The Morgan fingerprint density at radius 1 is 1.09 bits per heavy atom. The molecule has 1 aliphatic heterocycles. The van der Waals surface area contributed by atoms with Crippen molar-refractivity contribution in [3.63, 3.8) is 0 Å². The molecule has 0 aliphatic carbocycles. The predicted octanol–water partition coefficient (Wildman–Crippen LogP) is 4.76. The average Bonchev–Trinajstić information content (AvgIpc) is 2.78. The molecule has 8 nitrogen and oxygen atoms in total. The van der Waals surface area contributed by atoms with Crippen molar-refractivity contribution in [2.45, 2.75) is 39.0 Å². The van der Waals surface area contributed by atoms with E-state index in [1.807, 2.05) is 20.8 Å². The topological polar surface area (TPSA) is 77.0 Å². The molecular weight excluding hydrogens is 485 g/mol. The molecule has 2 heterocycles. The zero-order chi connectivity index (χ0) is 25.6. The number of halogens is 3. The van der Waals surface area contributed by atoms with Gasteiger partial charge in [0.15, 0.2) is 11.5 Å². The first kappa shape index (κ1) is 27.0. The van der Waals surface area contributed by atoms with Crippen LogP contribution < -0.4 is 14.4 Å². The summed E-state index contributed by atoms with van der Waals surface area (Å²) in [6, 6.07) is 3.55. The molecule has 12 heteroatoms. The molecule has 1 fully saturated rings. The molecule has 1 saturated heterocycles. The largest absolute Gasteiger partial charge is 0.493 e. The third kappa shape index (κ3) is 7.94. The second-order valence-corrected chi connectivity index (χ2v) is 10.1. The average molecular weight is 517 g/mol. The molecule has 0 bridgehead atoms. The number of fused-ring (bicyclic) bond motifs is 1. The molecular formula is C23H31F3N4O4S. The number of amides is 1. The van der Waals surface area contributed by atoms with E-state index in [4.69, 9.17) is 14.2 Å². The highest BCUT2D eigenvalue weighted by molar-refractivity contribution is 7.99. The summed E-state index contributed by atoms with van der Waals surface area (Å²) in [5.74, 6) is 1.17. The lowest BCUT2D eigenvalue weighted by Gasteiger charge is -2.36. The van der Waals surface area contributed by atoms with E-state index in [1.165, 1.54) is 13.4 Å². The first-order valence-electron chi connectivity index (χ1n) is 11.3. The highest BCUT2D eigenvalue weighted by Gasteiger charge is 2.28. The second kappa shape index (κ2) is 11.4. The van der Waals surface area contributed by atoms with Gasteiger partial charge in [-0.3, -0.25) is 0 Å². The van der Waals surface area contributed by atoms with Gasteiger partial charge in [0.25, 0.3) is 0 Å². The van der Waals surface area contributed by atoms with Crippen LogP contribution in [0.2, 0.25) is 0 Å². The lowest BCUT2D eigenvalue weighted by Crippen LogP contribution is -2.50. The number of alkyl halides is 3. The number of piperazine rings is 1. The number of hydrogen-bond donors (Lipinski definition) is 0. The smallest absolute Gasteiger partial charge is 0.410 e. The molecule has 0 spiro atoms. The summed E-state index contributed by atoms with van der Waals surface area (Å²) in [6.07, 6.45) is -2.54. The Morgan fingerprint density at radius 3 is 2.43 bits per heavy atom. The van der Waals surface area contributed by atoms with Gasteiger partial charge in [0.2, 0.25) is 0 Å². The van der Waals surface area contributed by atoms with Gasteiger partial charge in [0, 0.05) is 37.6 Å². The van der Waals surface area contributed by atoms with E-state index in [0.29, 0.717) is 55.4 Å². The third-order valence-corrected chi connectivity index (χ3v) is 6.20. The fourth-order valence-electron chi connectivity index (χ4n) is 3.53. The van der Waals surface area contributed by atoms with E-state index in [9.17, 15) is 18.0 Å². The molecule has 1 aliphatic rings. The van der Waals surface area contributed by atoms with Crippen molar-refractivity contribution in [2.75, 3.05) is 56.3 Å². The maximum atomic E-state index is 12.4. The van der Waals surface area contributed by atoms with Crippen molar-refractivity contribution in [1.29, 1.82) is 0 Å². The lowest BCUT2D eigenvalue weighted by molar-refractivity contribution is -0.105. The Kier molecular flexibility index (Phi) is 8.79. The fourth-order valence-corrected chi connectivity index (χ4v) is 4.23. The molecule has 35 heavy (non-hydrogen) atoms. The number of anilines is 1. The summed E-state index contributed by atoms with van der Waals surface area (Å²) in [6.45, 7) is 7.96. The van der Waals surface area contributed by atoms with Gasteiger partial charge in [-0.25, -0.2) is 14.8 Å². The number of aromatic nitrogens is 2. The highest BCUT2D eigenvalue weighted by atomic mass is 32.2. The molecule has 0 saturated carbocycles. The molecule has 0 N–H and O–H groups in total. The van der Waals surface area contributed by atoms with Crippen LogP contribution in [0.3, 0.4) is 0 Å². The van der Waals surface area contributed by atoms with Crippen molar-refractivity contribution >= 4 is 34.6 Å². The monoisotopic (exact) mass is 516 g/mol. The predicted molar refractivity (Wildman–Crippen MR) is 130 cm³/mol. The van der Waals surface area contributed by atoms with Crippen molar-refractivity contribution in [1.82, 2.24) is 14.9 Å². The minimum Gasteiger partial charge on any atom is -0.493 e. The standard InChI is InChI=1S/C23H31F3N4O4S/c1-22(2,3)34-21(31)30-8-6-29(7-9-30)20-16-12-18(32-4)19(13-17(16)27-15-28-20)33-10-5-11-35-14-23(24,25)26/h12-13,15H,5-11,14H2,1-4H3. The fraction of sp³-hybridized carbons (Fsp3) is 0.609. The van der Waals surface area contributed by atoms with E-state index >= 15 is 0 Å². The maximum Gasteiger partial charge on any atom is 0.410 e. The van der Waals surface area contributed by atoms with Crippen molar-refractivity contribution in [2.24, 2.45) is 0 Å². The van der Waals surface area contributed by atoms with Gasteiger partial charge in [0.05, 0.1) is 25.0 Å². The summed E-state index contributed by atoms with van der Waals surface area (Å²) in [5.41, 5.74) is 0.113. The van der Waals surface area contributed by atoms with Gasteiger partial charge in [0.1, 0.15) is 17.7 Å². The Bertz CT molecular complexity index is 1010. The molecule has 0 unspecified atom stereocenters. The molecule has 1 aromatic heterocycles. The zero-order valence-electron chi connectivity index (χ0n) is 20.4. The summed E-state index contributed by atoms with van der Waals surface area (Å²) in [5, 5.41) is 0.781. The maximum absolute atomic E-state index is 12.4. The van der Waals surface area contributed by atoms with Crippen LogP contribution in [0.5, 0.6) is 11.5 Å². The van der Waals surface area contributed by atoms with Crippen molar-refractivity contribution < 1.29 is 32.2 Å². The van der Waals surface area contributed by atoms with Gasteiger partial charge < -0.3 is 24.0 Å². The minimum absolute atomic E-state index is 0.261. The van der Waals surface area contributed by atoms with Crippen molar-refractivity contribution in [3.05, 3.63) is 18.5 Å². The Balaban J connectivity index is 1.65. The number of thioether (sulfide) groups is 1. The first-order valence-corrected chi connectivity index (χ1v) is 12.5. The summed E-state index contributed by atoms with van der Waals surface area (Å²) in [7, 11) is 1.52. The van der Waals surface area contributed by atoms with Crippen LogP contribution in [-0.2, 0) is 4.74 Å². The van der Waals surface area contributed by atoms with Crippen molar-refractivity contribution in [3.8, 4) is 11.5 Å². The van der Waals surface area contributed by atoms with E-state index in [2.05, 4.69) is 14.9 Å².